The monoisotopic (exact) mass is 357 g/mol. The van der Waals surface area contributed by atoms with Crippen LogP contribution in [0.4, 0.5) is 5.69 Å². The molecule has 2 aromatic rings. The van der Waals surface area contributed by atoms with Crippen molar-refractivity contribution in [3.8, 4) is 0 Å². The van der Waals surface area contributed by atoms with Crippen molar-refractivity contribution in [2.45, 2.75) is 24.3 Å². The number of carbonyl (C=O) groups excluding carboxylic acids is 2. The van der Waals surface area contributed by atoms with Crippen LogP contribution in [0.15, 0.2) is 53.4 Å². The van der Waals surface area contributed by atoms with Gasteiger partial charge in [0.05, 0.1) is 21.3 Å². The van der Waals surface area contributed by atoms with E-state index in [1.165, 1.54) is 6.26 Å². The lowest BCUT2D eigenvalue weighted by atomic mass is 10.1. The molecule has 0 aromatic heterocycles. The zero-order chi connectivity index (χ0) is 18.0. The van der Waals surface area contributed by atoms with Crippen molar-refractivity contribution in [2.24, 2.45) is 0 Å². The van der Waals surface area contributed by atoms with Gasteiger partial charge < -0.3 is 9.64 Å². The van der Waals surface area contributed by atoms with Crippen LogP contribution in [-0.4, -0.2) is 35.0 Å². The van der Waals surface area contributed by atoms with Crippen molar-refractivity contribution < 1.29 is 18.5 Å². The highest BCUT2D eigenvalue weighted by Gasteiger charge is 2.31. The SMILES string of the molecule is C[C@@H]1Cc2ccccc2N1C(=O)COC(=O)c1ccccc1[S@](C)=O. The average molecular weight is 357 g/mol. The number of rotatable bonds is 4. The molecule has 0 saturated carbocycles. The number of fused-ring (bicyclic) bond motifs is 1. The molecule has 0 fully saturated rings. The first-order chi connectivity index (χ1) is 12.0. The lowest BCUT2D eigenvalue weighted by molar-refractivity contribution is -0.122. The van der Waals surface area contributed by atoms with E-state index in [-0.39, 0.29) is 24.1 Å². The predicted octanol–water partition coefficient (Wildman–Crippen LogP) is 2.56. The molecule has 6 heteroatoms. The highest BCUT2D eigenvalue weighted by molar-refractivity contribution is 7.84. The molecule has 0 spiro atoms. The third kappa shape index (κ3) is 3.49. The maximum atomic E-state index is 12.6. The van der Waals surface area contributed by atoms with Crippen LogP contribution < -0.4 is 4.90 Å². The minimum Gasteiger partial charge on any atom is -0.452 e. The molecule has 1 aliphatic heterocycles. The molecule has 130 valence electrons. The topological polar surface area (TPSA) is 63.7 Å². The van der Waals surface area contributed by atoms with Crippen molar-refractivity contribution >= 4 is 28.4 Å². The van der Waals surface area contributed by atoms with Crippen molar-refractivity contribution in [1.82, 2.24) is 0 Å². The first-order valence-corrected chi connectivity index (χ1v) is 9.54. The van der Waals surface area contributed by atoms with Crippen LogP contribution in [0.1, 0.15) is 22.8 Å². The van der Waals surface area contributed by atoms with Crippen molar-refractivity contribution in [3.63, 3.8) is 0 Å². The summed E-state index contributed by atoms with van der Waals surface area (Å²) in [6, 6.07) is 14.3. The molecule has 0 N–H and O–H groups in total. The molecule has 0 radical (unpaired) electrons. The minimum atomic E-state index is -1.31. The Kier molecular flexibility index (Phi) is 4.99. The molecule has 0 bridgehead atoms. The van der Waals surface area contributed by atoms with Gasteiger partial charge in [0.25, 0.3) is 5.91 Å². The van der Waals surface area contributed by atoms with E-state index in [0.717, 1.165) is 17.7 Å². The Hall–Kier alpha value is -2.47. The summed E-state index contributed by atoms with van der Waals surface area (Å²) >= 11 is 0. The van der Waals surface area contributed by atoms with E-state index in [4.69, 9.17) is 4.74 Å². The van der Waals surface area contributed by atoms with E-state index in [9.17, 15) is 13.8 Å². The number of amides is 1. The van der Waals surface area contributed by atoms with Crippen LogP contribution in [0.3, 0.4) is 0 Å². The Labute approximate surface area is 149 Å². The number of esters is 1. The number of carbonyl (C=O) groups is 2. The first-order valence-electron chi connectivity index (χ1n) is 7.98. The number of benzene rings is 2. The molecule has 0 unspecified atom stereocenters. The summed E-state index contributed by atoms with van der Waals surface area (Å²) < 4.78 is 16.9. The second-order valence-corrected chi connectivity index (χ2v) is 7.32. The Bertz CT molecular complexity index is 849. The van der Waals surface area contributed by atoms with Gasteiger partial charge in [0.2, 0.25) is 0 Å². The van der Waals surface area contributed by atoms with Gasteiger partial charge in [-0.05, 0) is 37.1 Å². The second-order valence-electron chi connectivity index (χ2n) is 5.97. The van der Waals surface area contributed by atoms with Crippen LogP contribution in [-0.2, 0) is 26.8 Å². The van der Waals surface area contributed by atoms with E-state index >= 15 is 0 Å². The summed E-state index contributed by atoms with van der Waals surface area (Å²) in [6.45, 7) is 1.62. The molecule has 0 saturated heterocycles. The number of nitrogens with zero attached hydrogens (tertiary/aromatic N) is 1. The molecule has 1 aliphatic rings. The summed E-state index contributed by atoms with van der Waals surface area (Å²) in [6.07, 6.45) is 2.29. The van der Waals surface area contributed by atoms with Crippen molar-refractivity contribution in [2.75, 3.05) is 17.8 Å². The number of para-hydroxylation sites is 1. The molecule has 0 aliphatic carbocycles. The van der Waals surface area contributed by atoms with Crippen molar-refractivity contribution in [1.29, 1.82) is 0 Å². The fourth-order valence-corrected chi connectivity index (χ4v) is 3.84. The van der Waals surface area contributed by atoms with E-state index in [1.807, 2.05) is 31.2 Å². The quantitative estimate of drug-likeness (QED) is 0.789. The fourth-order valence-electron chi connectivity index (χ4n) is 3.11. The summed E-state index contributed by atoms with van der Waals surface area (Å²) in [5, 5.41) is 0. The van der Waals surface area contributed by atoms with Crippen LogP contribution >= 0.6 is 0 Å². The van der Waals surface area contributed by atoms with Gasteiger partial charge in [-0.25, -0.2) is 4.79 Å². The van der Waals surface area contributed by atoms with Crippen LogP contribution in [0.2, 0.25) is 0 Å². The van der Waals surface area contributed by atoms with Gasteiger partial charge in [0, 0.05) is 18.0 Å². The minimum absolute atomic E-state index is 0.0269. The largest absolute Gasteiger partial charge is 0.452 e. The molecule has 1 amide bonds. The van der Waals surface area contributed by atoms with Crippen LogP contribution in [0, 0.1) is 0 Å². The van der Waals surface area contributed by atoms with Crippen LogP contribution in [0.25, 0.3) is 0 Å². The summed E-state index contributed by atoms with van der Waals surface area (Å²) in [7, 11) is -1.31. The maximum absolute atomic E-state index is 12.6. The Balaban J connectivity index is 1.71. The van der Waals surface area contributed by atoms with Gasteiger partial charge in [-0.1, -0.05) is 30.3 Å². The molecular weight excluding hydrogens is 338 g/mol. The highest BCUT2D eigenvalue weighted by atomic mass is 32.2. The molecule has 3 rings (SSSR count). The molecular formula is C19H19NO4S. The van der Waals surface area contributed by atoms with Crippen molar-refractivity contribution in [3.05, 3.63) is 59.7 Å². The zero-order valence-electron chi connectivity index (χ0n) is 14.1. The van der Waals surface area contributed by atoms with Gasteiger partial charge in [0.15, 0.2) is 6.61 Å². The number of anilines is 1. The normalized spacial score (nSPS) is 17.0. The van der Waals surface area contributed by atoms with Gasteiger partial charge in [-0.3, -0.25) is 9.00 Å². The maximum Gasteiger partial charge on any atom is 0.339 e. The molecule has 2 atom stereocenters. The smallest absolute Gasteiger partial charge is 0.339 e. The second kappa shape index (κ2) is 7.19. The first kappa shape index (κ1) is 17.4. The van der Waals surface area contributed by atoms with Gasteiger partial charge in [0.1, 0.15) is 0 Å². The number of ether oxygens (including phenoxy) is 1. The molecule has 25 heavy (non-hydrogen) atoms. The molecule has 1 heterocycles. The van der Waals surface area contributed by atoms with Gasteiger partial charge >= 0.3 is 5.97 Å². The summed E-state index contributed by atoms with van der Waals surface area (Å²) in [4.78, 5) is 26.9. The summed E-state index contributed by atoms with van der Waals surface area (Å²) in [5.74, 6) is -0.903. The third-order valence-electron chi connectivity index (χ3n) is 4.22. The van der Waals surface area contributed by atoms with E-state index < -0.39 is 16.8 Å². The van der Waals surface area contributed by atoms with E-state index in [1.54, 1.807) is 29.2 Å². The lowest BCUT2D eigenvalue weighted by Crippen LogP contribution is -2.38. The average Bonchev–Trinajstić information content (AvgIpc) is 2.95. The standard InChI is InChI=1S/C19H19NO4S/c1-13-11-14-7-3-5-9-16(14)20(13)18(21)12-24-19(22)15-8-4-6-10-17(15)25(2)23/h3-10,13H,11-12H2,1-2H3/t13-,25+/m1/s1. The third-order valence-corrected chi connectivity index (χ3v) is 5.19. The van der Waals surface area contributed by atoms with E-state index in [0.29, 0.717) is 4.90 Å². The fraction of sp³-hybridized carbons (Fsp3) is 0.263. The number of hydrogen-bond acceptors (Lipinski definition) is 4. The zero-order valence-corrected chi connectivity index (χ0v) is 14.9. The highest BCUT2D eigenvalue weighted by Crippen LogP contribution is 2.31. The van der Waals surface area contributed by atoms with Crippen LogP contribution in [0.5, 0.6) is 0 Å². The van der Waals surface area contributed by atoms with Gasteiger partial charge in [-0.15, -0.1) is 0 Å². The molecule has 2 aromatic carbocycles. The Morgan fingerprint density at radius 3 is 2.60 bits per heavy atom. The predicted molar refractivity (Wildman–Crippen MR) is 96.2 cm³/mol. The number of hydrogen-bond donors (Lipinski definition) is 0. The van der Waals surface area contributed by atoms with Gasteiger partial charge in [-0.2, -0.15) is 0 Å². The Morgan fingerprint density at radius 1 is 1.16 bits per heavy atom. The lowest BCUT2D eigenvalue weighted by Gasteiger charge is -2.22. The molecule has 5 nitrogen and oxygen atoms in total. The summed E-state index contributed by atoms with van der Waals surface area (Å²) in [5.41, 5.74) is 2.21. The Morgan fingerprint density at radius 2 is 1.84 bits per heavy atom. The van der Waals surface area contributed by atoms with E-state index in [2.05, 4.69) is 0 Å².